The maximum atomic E-state index is 13.8. The van der Waals surface area contributed by atoms with Crippen molar-refractivity contribution in [3.8, 4) is 5.75 Å². The van der Waals surface area contributed by atoms with E-state index >= 15 is 0 Å². The molecule has 1 saturated heterocycles. The van der Waals surface area contributed by atoms with Crippen molar-refractivity contribution in [2.24, 2.45) is 11.8 Å². The van der Waals surface area contributed by atoms with E-state index in [1.54, 1.807) is 24.1 Å². The number of rotatable bonds is 5. The van der Waals surface area contributed by atoms with E-state index in [9.17, 15) is 14.0 Å². The summed E-state index contributed by atoms with van der Waals surface area (Å²) in [5, 5.41) is 0. The number of piperidine rings is 1. The molecule has 1 fully saturated rings. The molecule has 0 radical (unpaired) electrons. The first-order valence-corrected chi connectivity index (χ1v) is 8.69. The first kappa shape index (κ1) is 19.2. The van der Waals surface area contributed by atoms with Crippen LogP contribution in [0.1, 0.15) is 32.3 Å². The van der Waals surface area contributed by atoms with E-state index in [-0.39, 0.29) is 29.4 Å². The molecule has 25 heavy (non-hydrogen) atoms. The zero-order valence-electron chi connectivity index (χ0n) is 15.4. The van der Waals surface area contributed by atoms with Crippen molar-refractivity contribution in [2.75, 3.05) is 27.2 Å². The van der Waals surface area contributed by atoms with Crippen LogP contribution in [0, 0.1) is 17.7 Å². The van der Waals surface area contributed by atoms with E-state index in [0.717, 1.165) is 5.56 Å². The zero-order chi connectivity index (χ0) is 18.6. The summed E-state index contributed by atoms with van der Waals surface area (Å²) in [5.41, 5.74) is 0.724. The fourth-order valence-electron chi connectivity index (χ4n) is 3.18. The first-order valence-electron chi connectivity index (χ1n) is 8.69. The number of ether oxygens (including phenoxy) is 1. The summed E-state index contributed by atoms with van der Waals surface area (Å²) in [7, 11) is 3.15. The Bertz CT molecular complexity index is 625. The van der Waals surface area contributed by atoms with E-state index in [2.05, 4.69) is 0 Å². The third-order valence-corrected chi connectivity index (χ3v) is 4.66. The van der Waals surface area contributed by atoms with Gasteiger partial charge < -0.3 is 14.5 Å². The monoisotopic (exact) mass is 350 g/mol. The molecule has 2 rings (SSSR count). The topological polar surface area (TPSA) is 49.9 Å². The summed E-state index contributed by atoms with van der Waals surface area (Å²) >= 11 is 0. The Balaban J connectivity index is 1.90. The standard InChI is InChI=1S/C19H27FN2O3/c1-13(2)18(23)22-9-7-15(8-10-22)19(24)21(3)12-14-5-6-17(25-4)16(20)11-14/h5-6,11,13,15H,7-10,12H2,1-4H3. The van der Waals surface area contributed by atoms with Gasteiger partial charge >= 0.3 is 0 Å². The lowest BCUT2D eigenvalue weighted by atomic mass is 9.94. The fraction of sp³-hybridized carbons (Fsp3) is 0.579. The zero-order valence-corrected chi connectivity index (χ0v) is 15.4. The third kappa shape index (κ3) is 4.71. The average molecular weight is 350 g/mol. The van der Waals surface area contributed by atoms with Crippen LogP contribution in [-0.2, 0) is 16.1 Å². The predicted octanol–water partition coefficient (Wildman–Crippen LogP) is 2.69. The molecule has 0 spiro atoms. The van der Waals surface area contributed by atoms with Gasteiger partial charge in [-0.2, -0.15) is 0 Å². The predicted molar refractivity (Wildman–Crippen MR) is 93.6 cm³/mol. The molecule has 0 N–H and O–H groups in total. The second kappa shape index (κ2) is 8.32. The number of hydrogen-bond donors (Lipinski definition) is 0. The van der Waals surface area contributed by atoms with Crippen molar-refractivity contribution < 1.29 is 18.7 Å². The van der Waals surface area contributed by atoms with Crippen LogP contribution in [0.4, 0.5) is 4.39 Å². The van der Waals surface area contributed by atoms with E-state index in [4.69, 9.17) is 4.74 Å². The van der Waals surface area contributed by atoms with Crippen LogP contribution >= 0.6 is 0 Å². The summed E-state index contributed by atoms with van der Waals surface area (Å²) in [6.07, 6.45) is 1.36. The van der Waals surface area contributed by atoms with Gasteiger partial charge in [0.05, 0.1) is 7.11 Å². The number of halogens is 1. The minimum Gasteiger partial charge on any atom is -0.494 e. The molecule has 138 valence electrons. The van der Waals surface area contributed by atoms with Gasteiger partial charge in [-0.15, -0.1) is 0 Å². The Kier molecular flexibility index (Phi) is 6.39. The molecular formula is C19H27FN2O3. The van der Waals surface area contributed by atoms with Crippen LogP contribution in [0.15, 0.2) is 18.2 Å². The molecule has 1 aliphatic heterocycles. The van der Waals surface area contributed by atoms with Gasteiger partial charge in [-0.3, -0.25) is 9.59 Å². The molecule has 0 aliphatic carbocycles. The Labute approximate surface area is 148 Å². The van der Waals surface area contributed by atoms with Crippen LogP contribution < -0.4 is 4.74 Å². The molecule has 1 aromatic rings. The molecular weight excluding hydrogens is 323 g/mol. The van der Waals surface area contributed by atoms with Gasteiger partial charge in [-0.05, 0) is 30.5 Å². The van der Waals surface area contributed by atoms with Crippen LogP contribution in [0.2, 0.25) is 0 Å². The average Bonchev–Trinajstić information content (AvgIpc) is 2.60. The largest absolute Gasteiger partial charge is 0.494 e. The summed E-state index contributed by atoms with van der Waals surface area (Å²) in [5.74, 6) is -0.133. The molecule has 1 aliphatic rings. The molecule has 5 nitrogen and oxygen atoms in total. The number of amides is 2. The number of carbonyl (C=O) groups excluding carboxylic acids is 2. The lowest BCUT2D eigenvalue weighted by Gasteiger charge is -2.34. The second-order valence-corrected chi connectivity index (χ2v) is 6.92. The highest BCUT2D eigenvalue weighted by Gasteiger charge is 2.29. The Morgan fingerprint density at radius 2 is 1.96 bits per heavy atom. The summed E-state index contributed by atoms with van der Waals surface area (Å²) < 4.78 is 18.7. The van der Waals surface area contributed by atoms with E-state index < -0.39 is 5.82 Å². The Morgan fingerprint density at radius 3 is 2.48 bits per heavy atom. The van der Waals surface area contributed by atoms with Crippen LogP contribution in [0.5, 0.6) is 5.75 Å². The number of hydrogen-bond acceptors (Lipinski definition) is 3. The van der Waals surface area contributed by atoms with E-state index in [1.807, 2.05) is 18.7 Å². The number of methoxy groups -OCH3 is 1. The molecule has 0 atom stereocenters. The quantitative estimate of drug-likeness (QED) is 0.820. The molecule has 1 heterocycles. The Hall–Kier alpha value is -2.11. The van der Waals surface area contributed by atoms with Gasteiger partial charge in [0.15, 0.2) is 11.6 Å². The number of benzene rings is 1. The van der Waals surface area contributed by atoms with Crippen molar-refractivity contribution in [2.45, 2.75) is 33.2 Å². The smallest absolute Gasteiger partial charge is 0.225 e. The molecule has 1 aromatic carbocycles. The number of nitrogens with zero attached hydrogens (tertiary/aromatic N) is 2. The third-order valence-electron chi connectivity index (χ3n) is 4.66. The number of carbonyl (C=O) groups is 2. The minimum atomic E-state index is -0.429. The summed E-state index contributed by atoms with van der Waals surface area (Å²) in [6, 6.07) is 4.72. The molecule has 0 aromatic heterocycles. The number of likely N-dealkylation sites (tertiary alicyclic amines) is 1. The van der Waals surface area contributed by atoms with Crippen molar-refractivity contribution in [3.63, 3.8) is 0 Å². The summed E-state index contributed by atoms with van der Waals surface area (Å²) in [6.45, 7) is 5.38. The lowest BCUT2D eigenvalue weighted by molar-refractivity contribution is -0.141. The van der Waals surface area contributed by atoms with Crippen LogP contribution in [0.3, 0.4) is 0 Å². The minimum absolute atomic E-state index is 0.0140. The molecule has 0 saturated carbocycles. The van der Waals surface area contributed by atoms with Gasteiger partial charge in [0.2, 0.25) is 11.8 Å². The molecule has 0 bridgehead atoms. The highest BCUT2D eigenvalue weighted by atomic mass is 19.1. The van der Waals surface area contributed by atoms with Crippen molar-refractivity contribution in [1.29, 1.82) is 0 Å². The molecule has 6 heteroatoms. The van der Waals surface area contributed by atoms with Crippen LogP contribution in [0.25, 0.3) is 0 Å². The van der Waals surface area contributed by atoms with Crippen LogP contribution in [-0.4, -0.2) is 48.9 Å². The highest BCUT2D eigenvalue weighted by Crippen LogP contribution is 2.23. The van der Waals surface area contributed by atoms with Gasteiger partial charge in [-0.1, -0.05) is 19.9 Å². The van der Waals surface area contributed by atoms with E-state index in [0.29, 0.717) is 32.5 Å². The second-order valence-electron chi connectivity index (χ2n) is 6.92. The Morgan fingerprint density at radius 1 is 1.32 bits per heavy atom. The van der Waals surface area contributed by atoms with E-state index in [1.165, 1.54) is 13.2 Å². The van der Waals surface area contributed by atoms with Crippen molar-refractivity contribution in [1.82, 2.24) is 9.80 Å². The van der Waals surface area contributed by atoms with Gasteiger partial charge in [0.1, 0.15) is 0 Å². The first-order chi connectivity index (χ1) is 11.8. The van der Waals surface area contributed by atoms with Gasteiger partial charge in [0.25, 0.3) is 0 Å². The fourth-order valence-corrected chi connectivity index (χ4v) is 3.18. The normalized spacial score (nSPS) is 15.4. The van der Waals surface area contributed by atoms with Gasteiger partial charge in [0, 0.05) is 38.5 Å². The molecule has 2 amide bonds. The van der Waals surface area contributed by atoms with Crippen molar-refractivity contribution >= 4 is 11.8 Å². The maximum absolute atomic E-state index is 13.8. The van der Waals surface area contributed by atoms with Crippen molar-refractivity contribution in [3.05, 3.63) is 29.6 Å². The lowest BCUT2D eigenvalue weighted by Crippen LogP contribution is -2.44. The maximum Gasteiger partial charge on any atom is 0.225 e. The highest BCUT2D eigenvalue weighted by molar-refractivity contribution is 5.80. The SMILES string of the molecule is COc1ccc(CN(C)C(=O)C2CCN(C(=O)C(C)C)CC2)cc1F. The molecule has 0 unspecified atom stereocenters. The summed E-state index contributed by atoms with van der Waals surface area (Å²) in [4.78, 5) is 28.1. The van der Waals surface area contributed by atoms with Gasteiger partial charge in [-0.25, -0.2) is 4.39 Å².